The molecule has 0 atom stereocenters. The normalized spacial score (nSPS) is 16.1. The molecule has 1 aromatic carbocycles. The predicted molar refractivity (Wildman–Crippen MR) is 110 cm³/mol. The van der Waals surface area contributed by atoms with Crippen molar-refractivity contribution in [2.75, 3.05) is 19.6 Å². The number of hydrogen-bond acceptors (Lipinski definition) is 5. The quantitative estimate of drug-likeness (QED) is 0.766. The first-order chi connectivity index (χ1) is 13.5. The highest BCUT2D eigenvalue weighted by Crippen LogP contribution is 2.21. The first-order valence-corrected chi connectivity index (χ1v) is 9.72. The molecule has 150 valence electrons. The van der Waals surface area contributed by atoms with Gasteiger partial charge in [-0.1, -0.05) is 30.3 Å². The highest BCUT2D eigenvalue weighted by Gasteiger charge is 2.19. The minimum atomic E-state index is -0.554. The van der Waals surface area contributed by atoms with Gasteiger partial charge in [0.1, 0.15) is 5.56 Å². The molecule has 28 heavy (non-hydrogen) atoms. The average Bonchev–Trinajstić information content (AvgIpc) is 2.72. The van der Waals surface area contributed by atoms with E-state index in [0.717, 1.165) is 48.0 Å². The SMILES string of the molecule is Cn1c(O)c(C=NCCC2CCN(Cc3ccccc3)CC2)c(=O)n(C)c1=O. The topological polar surface area (TPSA) is 79.8 Å². The molecule has 0 radical (unpaired) electrons. The Morgan fingerprint density at radius 2 is 1.79 bits per heavy atom. The van der Waals surface area contributed by atoms with Gasteiger partial charge in [-0.2, -0.15) is 0 Å². The van der Waals surface area contributed by atoms with E-state index in [9.17, 15) is 14.7 Å². The summed E-state index contributed by atoms with van der Waals surface area (Å²) in [5.74, 6) is 0.284. The molecule has 0 saturated carbocycles. The van der Waals surface area contributed by atoms with Crippen molar-refractivity contribution in [1.82, 2.24) is 14.0 Å². The summed E-state index contributed by atoms with van der Waals surface area (Å²) in [7, 11) is 2.82. The summed E-state index contributed by atoms with van der Waals surface area (Å²) in [6, 6.07) is 10.5. The largest absolute Gasteiger partial charge is 0.494 e. The zero-order chi connectivity index (χ0) is 20.1. The van der Waals surface area contributed by atoms with Gasteiger partial charge in [0.2, 0.25) is 5.88 Å². The van der Waals surface area contributed by atoms with Gasteiger partial charge >= 0.3 is 5.69 Å². The van der Waals surface area contributed by atoms with Gasteiger partial charge in [-0.3, -0.25) is 23.8 Å². The standard InChI is InChI=1S/C21H28N4O3/c1-23-19(26)18(20(27)24(2)21(23)28)14-22-11-8-16-9-12-25(13-10-16)15-17-6-4-3-5-7-17/h3-7,14,16,26H,8-13,15H2,1-2H3. The summed E-state index contributed by atoms with van der Waals surface area (Å²) in [5, 5.41) is 10.0. The van der Waals surface area contributed by atoms with Crippen molar-refractivity contribution in [1.29, 1.82) is 0 Å². The summed E-state index contributed by atoms with van der Waals surface area (Å²) in [6.45, 7) is 3.78. The van der Waals surface area contributed by atoms with Gasteiger partial charge < -0.3 is 5.11 Å². The Labute approximate surface area is 164 Å². The van der Waals surface area contributed by atoms with E-state index in [0.29, 0.717) is 12.5 Å². The fourth-order valence-electron chi connectivity index (χ4n) is 3.66. The van der Waals surface area contributed by atoms with Crippen LogP contribution in [-0.2, 0) is 20.6 Å². The van der Waals surface area contributed by atoms with Gasteiger partial charge in [0.15, 0.2) is 0 Å². The zero-order valence-corrected chi connectivity index (χ0v) is 16.5. The van der Waals surface area contributed by atoms with Crippen molar-refractivity contribution in [3.05, 3.63) is 62.3 Å². The highest BCUT2D eigenvalue weighted by molar-refractivity contribution is 5.81. The van der Waals surface area contributed by atoms with Crippen molar-refractivity contribution in [3.8, 4) is 5.88 Å². The molecule has 1 aliphatic heterocycles. The molecular weight excluding hydrogens is 356 g/mol. The first-order valence-electron chi connectivity index (χ1n) is 9.72. The lowest BCUT2D eigenvalue weighted by atomic mass is 9.93. The Morgan fingerprint density at radius 3 is 2.46 bits per heavy atom. The van der Waals surface area contributed by atoms with Crippen LogP contribution in [-0.4, -0.2) is 45.0 Å². The summed E-state index contributed by atoms with van der Waals surface area (Å²) in [6.07, 6.45) is 4.65. The molecule has 2 heterocycles. The summed E-state index contributed by atoms with van der Waals surface area (Å²) >= 11 is 0. The Balaban J connectivity index is 1.49. The second-order valence-electron chi connectivity index (χ2n) is 7.47. The fraction of sp³-hybridized carbons (Fsp3) is 0.476. The van der Waals surface area contributed by atoms with Crippen LogP contribution in [0.4, 0.5) is 0 Å². The van der Waals surface area contributed by atoms with E-state index in [1.165, 1.54) is 25.9 Å². The van der Waals surface area contributed by atoms with Gasteiger partial charge in [0, 0.05) is 33.4 Å². The van der Waals surface area contributed by atoms with Gasteiger partial charge in [-0.15, -0.1) is 0 Å². The van der Waals surface area contributed by atoms with Crippen LogP contribution >= 0.6 is 0 Å². The Hall–Kier alpha value is -2.67. The van der Waals surface area contributed by atoms with Gasteiger partial charge in [0.05, 0.1) is 0 Å². The van der Waals surface area contributed by atoms with E-state index in [1.807, 2.05) is 6.07 Å². The van der Waals surface area contributed by atoms with Crippen molar-refractivity contribution >= 4 is 6.21 Å². The molecule has 3 rings (SSSR count). The molecular formula is C21H28N4O3. The molecule has 2 aromatic rings. The van der Waals surface area contributed by atoms with E-state index >= 15 is 0 Å². The molecule has 1 N–H and O–H groups in total. The third-order valence-corrected chi connectivity index (χ3v) is 5.51. The van der Waals surface area contributed by atoms with E-state index in [4.69, 9.17) is 0 Å². The maximum absolute atomic E-state index is 12.1. The van der Waals surface area contributed by atoms with Crippen LogP contribution in [0.15, 0.2) is 44.9 Å². The van der Waals surface area contributed by atoms with Crippen LogP contribution in [0, 0.1) is 5.92 Å². The van der Waals surface area contributed by atoms with Crippen molar-refractivity contribution in [3.63, 3.8) is 0 Å². The smallest absolute Gasteiger partial charge is 0.333 e. The number of hydrogen-bond donors (Lipinski definition) is 1. The summed E-state index contributed by atoms with van der Waals surface area (Å²) in [5.41, 5.74) is 0.326. The number of aliphatic imine (C=N–C) groups is 1. The van der Waals surface area contributed by atoms with Crippen LogP contribution in [0.3, 0.4) is 0 Å². The number of nitrogens with zero attached hydrogens (tertiary/aromatic N) is 4. The van der Waals surface area contributed by atoms with Crippen LogP contribution in [0.2, 0.25) is 0 Å². The predicted octanol–water partition coefficient (Wildman–Crippen LogP) is 1.51. The summed E-state index contributed by atoms with van der Waals surface area (Å²) in [4.78, 5) is 30.7. The summed E-state index contributed by atoms with van der Waals surface area (Å²) < 4.78 is 2.02. The molecule has 0 spiro atoms. The lowest BCUT2D eigenvalue weighted by molar-refractivity contribution is 0.173. The number of likely N-dealkylation sites (tertiary alicyclic amines) is 1. The number of aromatic nitrogens is 2. The number of benzene rings is 1. The van der Waals surface area contributed by atoms with E-state index < -0.39 is 11.2 Å². The first kappa shape index (κ1) is 20.1. The van der Waals surface area contributed by atoms with Gasteiger partial charge in [-0.25, -0.2) is 4.79 Å². The number of piperidine rings is 1. The Bertz CT molecular complexity index is 939. The lowest BCUT2D eigenvalue weighted by Gasteiger charge is -2.31. The molecule has 7 heteroatoms. The van der Waals surface area contributed by atoms with Crippen LogP contribution in [0.1, 0.15) is 30.4 Å². The highest BCUT2D eigenvalue weighted by atomic mass is 16.3. The maximum Gasteiger partial charge on any atom is 0.333 e. The van der Waals surface area contributed by atoms with E-state index in [1.54, 1.807) is 0 Å². The van der Waals surface area contributed by atoms with Crippen molar-refractivity contribution in [2.24, 2.45) is 25.0 Å². The molecule has 0 unspecified atom stereocenters. The monoisotopic (exact) mass is 384 g/mol. The van der Waals surface area contributed by atoms with Crippen LogP contribution in [0.5, 0.6) is 5.88 Å². The number of rotatable bonds is 6. The molecule has 1 aliphatic rings. The lowest BCUT2D eigenvalue weighted by Crippen LogP contribution is -2.38. The maximum atomic E-state index is 12.1. The minimum Gasteiger partial charge on any atom is -0.494 e. The molecule has 1 aromatic heterocycles. The molecule has 0 aliphatic carbocycles. The van der Waals surface area contributed by atoms with Crippen LogP contribution in [0.25, 0.3) is 0 Å². The number of aromatic hydroxyl groups is 1. The van der Waals surface area contributed by atoms with E-state index in [2.05, 4.69) is 34.2 Å². The van der Waals surface area contributed by atoms with Crippen LogP contribution < -0.4 is 11.2 Å². The third-order valence-electron chi connectivity index (χ3n) is 5.51. The van der Waals surface area contributed by atoms with Gasteiger partial charge in [-0.05, 0) is 43.8 Å². The fourth-order valence-corrected chi connectivity index (χ4v) is 3.66. The molecule has 7 nitrogen and oxygen atoms in total. The minimum absolute atomic E-state index is 0.0577. The Kier molecular flexibility index (Phi) is 6.46. The Morgan fingerprint density at radius 1 is 1.11 bits per heavy atom. The van der Waals surface area contributed by atoms with Crippen molar-refractivity contribution in [2.45, 2.75) is 25.8 Å². The third kappa shape index (κ3) is 4.59. The average molecular weight is 384 g/mol. The van der Waals surface area contributed by atoms with E-state index in [-0.39, 0.29) is 11.4 Å². The molecule has 1 fully saturated rings. The second kappa shape index (κ2) is 9.01. The van der Waals surface area contributed by atoms with Gasteiger partial charge in [0.25, 0.3) is 5.56 Å². The zero-order valence-electron chi connectivity index (χ0n) is 16.5. The molecule has 0 amide bonds. The van der Waals surface area contributed by atoms with Crippen molar-refractivity contribution < 1.29 is 5.11 Å². The molecule has 1 saturated heterocycles. The molecule has 0 bridgehead atoms. The second-order valence-corrected chi connectivity index (χ2v) is 7.47.